The molecular formula is C9H11N3O2. The molecule has 0 bridgehead atoms. The minimum atomic E-state index is -0.449. The number of carbonyl (C=O) groups is 1. The SMILES string of the molecule is C=Cn1c(C(=O)OCC)cnc1N=C. The molecule has 1 aromatic heterocycles. The van der Waals surface area contributed by atoms with Crippen LogP contribution in [0, 0.1) is 0 Å². The summed E-state index contributed by atoms with van der Waals surface area (Å²) in [6.45, 7) is 8.92. The van der Waals surface area contributed by atoms with E-state index < -0.39 is 5.97 Å². The number of nitrogens with zero attached hydrogens (tertiary/aromatic N) is 3. The first-order chi connectivity index (χ1) is 6.74. The molecule has 0 amide bonds. The monoisotopic (exact) mass is 193 g/mol. The highest BCUT2D eigenvalue weighted by atomic mass is 16.5. The van der Waals surface area contributed by atoms with E-state index in [-0.39, 0.29) is 0 Å². The molecule has 14 heavy (non-hydrogen) atoms. The van der Waals surface area contributed by atoms with Crippen LogP contribution < -0.4 is 0 Å². The van der Waals surface area contributed by atoms with E-state index >= 15 is 0 Å². The van der Waals surface area contributed by atoms with E-state index in [0.29, 0.717) is 18.2 Å². The predicted octanol–water partition coefficient (Wildman–Crippen LogP) is 1.49. The molecule has 0 unspecified atom stereocenters. The summed E-state index contributed by atoms with van der Waals surface area (Å²) in [6, 6.07) is 0. The van der Waals surface area contributed by atoms with Crippen LogP contribution in [0.2, 0.25) is 0 Å². The van der Waals surface area contributed by atoms with Crippen molar-refractivity contribution < 1.29 is 9.53 Å². The molecule has 0 N–H and O–H groups in total. The zero-order valence-corrected chi connectivity index (χ0v) is 7.93. The molecule has 0 aromatic carbocycles. The van der Waals surface area contributed by atoms with Crippen molar-refractivity contribution in [3.8, 4) is 0 Å². The fraction of sp³-hybridized carbons (Fsp3) is 0.222. The number of carbonyl (C=O) groups excluding carboxylic acids is 1. The van der Waals surface area contributed by atoms with Gasteiger partial charge in [-0.2, -0.15) is 0 Å². The zero-order chi connectivity index (χ0) is 10.6. The molecule has 0 fully saturated rings. The highest BCUT2D eigenvalue weighted by Gasteiger charge is 2.14. The number of rotatable bonds is 4. The summed E-state index contributed by atoms with van der Waals surface area (Å²) < 4.78 is 6.24. The molecule has 0 atom stereocenters. The molecule has 0 aliphatic rings. The zero-order valence-electron chi connectivity index (χ0n) is 7.93. The van der Waals surface area contributed by atoms with Crippen LogP contribution in [0.15, 0.2) is 17.8 Å². The van der Waals surface area contributed by atoms with E-state index in [1.165, 1.54) is 17.0 Å². The van der Waals surface area contributed by atoms with Gasteiger partial charge >= 0.3 is 5.97 Å². The summed E-state index contributed by atoms with van der Waals surface area (Å²) in [5.74, 6) is -0.127. The molecule has 0 saturated heterocycles. The molecule has 1 rings (SSSR count). The lowest BCUT2D eigenvalue weighted by Crippen LogP contribution is -2.08. The molecule has 5 nitrogen and oxygen atoms in total. The number of aromatic nitrogens is 2. The van der Waals surface area contributed by atoms with Gasteiger partial charge in [0.1, 0.15) is 0 Å². The van der Waals surface area contributed by atoms with Crippen LogP contribution in [-0.4, -0.2) is 28.8 Å². The van der Waals surface area contributed by atoms with Crippen molar-refractivity contribution in [1.29, 1.82) is 0 Å². The lowest BCUT2D eigenvalue weighted by Gasteiger charge is -2.02. The van der Waals surface area contributed by atoms with Gasteiger partial charge in [0, 0.05) is 6.20 Å². The molecule has 1 heterocycles. The Morgan fingerprint density at radius 1 is 1.86 bits per heavy atom. The van der Waals surface area contributed by atoms with E-state index in [0.717, 1.165) is 0 Å². The van der Waals surface area contributed by atoms with E-state index in [4.69, 9.17) is 4.74 Å². The van der Waals surface area contributed by atoms with Gasteiger partial charge in [0.15, 0.2) is 5.69 Å². The summed E-state index contributed by atoms with van der Waals surface area (Å²) in [6.07, 6.45) is 2.81. The van der Waals surface area contributed by atoms with Gasteiger partial charge in [-0.1, -0.05) is 6.58 Å². The maximum atomic E-state index is 11.4. The quantitative estimate of drug-likeness (QED) is 0.537. The van der Waals surface area contributed by atoms with Gasteiger partial charge in [-0.3, -0.25) is 4.57 Å². The van der Waals surface area contributed by atoms with Gasteiger partial charge in [-0.05, 0) is 13.6 Å². The Balaban J connectivity index is 3.08. The van der Waals surface area contributed by atoms with Crippen molar-refractivity contribution in [2.24, 2.45) is 4.99 Å². The van der Waals surface area contributed by atoms with E-state index in [1.54, 1.807) is 6.92 Å². The minimum absolute atomic E-state index is 0.296. The van der Waals surface area contributed by atoms with Crippen molar-refractivity contribution in [1.82, 2.24) is 9.55 Å². The summed E-state index contributed by atoms with van der Waals surface area (Å²) in [4.78, 5) is 18.9. The van der Waals surface area contributed by atoms with Gasteiger partial charge < -0.3 is 4.74 Å². The van der Waals surface area contributed by atoms with Crippen molar-refractivity contribution in [3.05, 3.63) is 18.5 Å². The standard InChI is InChI=1S/C9H11N3O2/c1-4-12-7(8(13)14-5-2)6-11-9(12)10-3/h4,6H,1,3,5H2,2H3. The molecule has 0 radical (unpaired) electrons. The fourth-order valence-electron chi connectivity index (χ4n) is 1.00. The largest absolute Gasteiger partial charge is 0.461 e. The Morgan fingerprint density at radius 2 is 2.57 bits per heavy atom. The fourth-order valence-corrected chi connectivity index (χ4v) is 1.00. The number of hydrogen-bond acceptors (Lipinski definition) is 4. The first-order valence-corrected chi connectivity index (χ1v) is 4.08. The smallest absolute Gasteiger partial charge is 0.357 e. The Morgan fingerprint density at radius 3 is 3.07 bits per heavy atom. The molecule has 74 valence electrons. The van der Waals surface area contributed by atoms with Crippen LogP contribution in [0.4, 0.5) is 5.95 Å². The number of esters is 1. The molecule has 0 spiro atoms. The van der Waals surface area contributed by atoms with Crippen molar-refractivity contribution >= 4 is 24.8 Å². The van der Waals surface area contributed by atoms with E-state index in [2.05, 4.69) is 23.3 Å². The summed E-state index contributed by atoms with van der Waals surface area (Å²) in [5, 5.41) is 0. The number of ether oxygens (including phenoxy) is 1. The maximum Gasteiger partial charge on any atom is 0.357 e. The third-order valence-corrected chi connectivity index (χ3v) is 1.59. The first-order valence-electron chi connectivity index (χ1n) is 4.08. The topological polar surface area (TPSA) is 56.5 Å². The minimum Gasteiger partial charge on any atom is -0.461 e. The van der Waals surface area contributed by atoms with Crippen molar-refractivity contribution in [2.45, 2.75) is 6.92 Å². The van der Waals surface area contributed by atoms with Gasteiger partial charge in [-0.15, -0.1) is 0 Å². The Hall–Kier alpha value is -1.91. The lowest BCUT2D eigenvalue weighted by molar-refractivity contribution is 0.0518. The second kappa shape index (κ2) is 4.36. The summed E-state index contributed by atoms with van der Waals surface area (Å²) in [5.41, 5.74) is 0.296. The molecule has 0 aliphatic carbocycles. The number of hydrogen-bond donors (Lipinski definition) is 0. The van der Waals surface area contributed by atoms with Crippen LogP contribution in [0.3, 0.4) is 0 Å². The number of imidazole rings is 1. The van der Waals surface area contributed by atoms with Gasteiger partial charge in [0.05, 0.1) is 12.8 Å². The van der Waals surface area contributed by atoms with E-state index in [9.17, 15) is 4.79 Å². The van der Waals surface area contributed by atoms with Gasteiger partial charge in [0.25, 0.3) is 0 Å². The second-order valence-electron chi connectivity index (χ2n) is 2.37. The summed E-state index contributed by atoms with van der Waals surface area (Å²) in [7, 11) is 0. The van der Waals surface area contributed by atoms with Gasteiger partial charge in [0.2, 0.25) is 5.95 Å². The van der Waals surface area contributed by atoms with Gasteiger partial charge in [-0.25, -0.2) is 14.8 Å². The van der Waals surface area contributed by atoms with Crippen LogP contribution >= 0.6 is 0 Å². The van der Waals surface area contributed by atoms with Crippen LogP contribution in [-0.2, 0) is 4.74 Å². The van der Waals surface area contributed by atoms with Crippen molar-refractivity contribution in [2.75, 3.05) is 6.61 Å². The van der Waals surface area contributed by atoms with Crippen LogP contribution in [0.5, 0.6) is 0 Å². The van der Waals surface area contributed by atoms with Crippen molar-refractivity contribution in [3.63, 3.8) is 0 Å². The average Bonchev–Trinajstić information content (AvgIpc) is 2.60. The normalized spacial score (nSPS) is 9.50. The highest BCUT2D eigenvalue weighted by Crippen LogP contribution is 2.14. The third kappa shape index (κ3) is 1.71. The molecular weight excluding hydrogens is 182 g/mol. The van der Waals surface area contributed by atoms with Crippen LogP contribution in [0.1, 0.15) is 17.4 Å². The predicted molar refractivity (Wildman–Crippen MR) is 53.8 cm³/mol. The maximum absolute atomic E-state index is 11.4. The summed E-state index contributed by atoms with van der Waals surface area (Å²) >= 11 is 0. The lowest BCUT2D eigenvalue weighted by atomic mass is 10.5. The highest BCUT2D eigenvalue weighted by molar-refractivity contribution is 5.88. The van der Waals surface area contributed by atoms with E-state index in [1.807, 2.05) is 0 Å². The average molecular weight is 193 g/mol. The molecule has 1 aromatic rings. The molecule has 0 saturated carbocycles. The van der Waals surface area contributed by atoms with Crippen LogP contribution in [0.25, 0.3) is 6.20 Å². The molecule has 0 aliphatic heterocycles. The second-order valence-corrected chi connectivity index (χ2v) is 2.37. The Bertz CT molecular complexity index is 368. The number of aliphatic imine (C=N–C) groups is 1. The first kappa shape index (κ1) is 10.2. The Labute approximate surface area is 81.7 Å². The third-order valence-electron chi connectivity index (χ3n) is 1.59. The Kier molecular flexibility index (Phi) is 3.17. The molecule has 5 heteroatoms.